The normalized spacial score (nSPS) is 12.2. The molecule has 3 aromatic rings. The number of carboxylic acids is 1. The molecule has 0 radical (unpaired) electrons. The van der Waals surface area contributed by atoms with Gasteiger partial charge in [0.25, 0.3) is 0 Å². The van der Waals surface area contributed by atoms with Gasteiger partial charge in [-0.2, -0.15) is 0 Å². The topological polar surface area (TPSA) is 76.7 Å². The molecule has 0 aliphatic heterocycles. The van der Waals surface area contributed by atoms with Gasteiger partial charge in [-0.1, -0.05) is 35.9 Å². The molecule has 26 heavy (non-hydrogen) atoms. The van der Waals surface area contributed by atoms with Crippen molar-refractivity contribution >= 4 is 16.9 Å². The summed E-state index contributed by atoms with van der Waals surface area (Å²) in [7, 11) is 0. The quantitative estimate of drug-likeness (QED) is 0.760. The molecule has 0 aliphatic carbocycles. The monoisotopic (exact) mass is 352 g/mol. The van der Waals surface area contributed by atoms with Gasteiger partial charge in [0, 0.05) is 5.56 Å². The Morgan fingerprint density at radius 2 is 1.73 bits per heavy atom. The Kier molecular flexibility index (Phi) is 4.55. The molecule has 0 aliphatic rings. The lowest BCUT2D eigenvalue weighted by Gasteiger charge is -2.15. The maximum atomic E-state index is 13.1. The summed E-state index contributed by atoms with van der Waals surface area (Å²) in [5.41, 5.74) is 3.58. The summed E-state index contributed by atoms with van der Waals surface area (Å²) in [6.45, 7) is 7.10. The molecule has 1 atom stereocenters. The molecule has 0 amide bonds. The number of rotatable bonds is 4. The van der Waals surface area contributed by atoms with E-state index < -0.39 is 12.1 Å². The highest BCUT2D eigenvalue weighted by molar-refractivity contribution is 5.85. The van der Waals surface area contributed by atoms with Crippen LogP contribution < -0.4 is 10.2 Å². The number of carbonyl (C=O) groups is 1. The Bertz CT molecular complexity index is 1040. The van der Waals surface area contributed by atoms with E-state index in [1.165, 1.54) is 6.92 Å². The second kappa shape index (κ2) is 6.67. The number of aliphatic carboxylic acids is 1. The number of hydrogen-bond donors (Lipinski definition) is 1. The van der Waals surface area contributed by atoms with Crippen LogP contribution in [-0.4, -0.2) is 17.2 Å². The fourth-order valence-electron chi connectivity index (χ4n) is 2.86. The number of hydrogen-bond acceptors (Lipinski definition) is 4. The van der Waals surface area contributed by atoms with Crippen LogP contribution in [0.25, 0.3) is 22.3 Å². The molecule has 5 nitrogen and oxygen atoms in total. The summed E-state index contributed by atoms with van der Waals surface area (Å²) >= 11 is 0. The standard InChI is InChI=1S/C21H20O5/c1-11-5-7-15(8-6-11)19-20(25-14(4)21(23)24)17(22)16-10-12(2)9-13(3)18(16)26-19/h5-10,14H,1-4H3,(H,23,24). The fourth-order valence-corrected chi connectivity index (χ4v) is 2.86. The van der Waals surface area contributed by atoms with Crippen molar-refractivity contribution < 1.29 is 19.1 Å². The maximum absolute atomic E-state index is 13.1. The van der Waals surface area contributed by atoms with Gasteiger partial charge in [0.2, 0.25) is 11.2 Å². The van der Waals surface area contributed by atoms with E-state index in [4.69, 9.17) is 9.15 Å². The molecular formula is C21H20O5. The van der Waals surface area contributed by atoms with Gasteiger partial charge in [-0.25, -0.2) is 4.79 Å². The average Bonchev–Trinajstić information content (AvgIpc) is 2.58. The highest BCUT2D eigenvalue weighted by atomic mass is 16.5. The first-order chi connectivity index (χ1) is 12.3. The number of ether oxygens (including phenoxy) is 1. The van der Waals surface area contributed by atoms with Gasteiger partial charge in [0.05, 0.1) is 5.39 Å². The Morgan fingerprint density at radius 3 is 2.35 bits per heavy atom. The van der Waals surface area contributed by atoms with Crippen LogP contribution in [0, 0.1) is 20.8 Å². The molecule has 0 bridgehead atoms. The average molecular weight is 352 g/mol. The minimum absolute atomic E-state index is 0.0822. The molecule has 0 fully saturated rings. The van der Waals surface area contributed by atoms with Gasteiger partial charge in [-0.3, -0.25) is 4.79 Å². The van der Waals surface area contributed by atoms with Crippen LogP contribution in [0.5, 0.6) is 5.75 Å². The number of benzene rings is 2. The van der Waals surface area contributed by atoms with Gasteiger partial charge >= 0.3 is 5.97 Å². The zero-order valence-electron chi connectivity index (χ0n) is 15.1. The second-order valence-electron chi connectivity index (χ2n) is 6.51. The first-order valence-electron chi connectivity index (χ1n) is 8.32. The maximum Gasteiger partial charge on any atom is 0.344 e. The van der Waals surface area contributed by atoms with Crippen molar-refractivity contribution in [2.45, 2.75) is 33.8 Å². The van der Waals surface area contributed by atoms with Crippen molar-refractivity contribution in [3.05, 3.63) is 63.3 Å². The third-order valence-electron chi connectivity index (χ3n) is 4.24. The van der Waals surface area contributed by atoms with Gasteiger partial charge in [0.15, 0.2) is 11.9 Å². The highest BCUT2D eigenvalue weighted by Gasteiger charge is 2.23. The molecule has 1 N–H and O–H groups in total. The lowest BCUT2D eigenvalue weighted by molar-refractivity contribution is -0.144. The van der Waals surface area contributed by atoms with E-state index in [1.807, 2.05) is 51.1 Å². The van der Waals surface area contributed by atoms with Crippen LogP contribution in [0.3, 0.4) is 0 Å². The smallest absolute Gasteiger partial charge is 0.344 e. The molecule has 1 unspecified atom stereocenters. The van der Waals surface area contributed by atoms with E-state index in [-0.39, 0.29) is 16.9 Å². The van der Waals surface area contributed by atoms with Gasteiger partial charge in [-0.15, -0.1) is 0 Å². The van der Waals surface area contributed by atoms with E-state index in [9.17, 15) is 14.7 Å². The van der Waals surface area contributed by atoms with Crippen LogP contribution in [0.1, 0.15) is 23.6 Å². The Hall–Kier alpha value is -3.08. The molecule has 0 saturated carbocycles. The van der Waals surface area contributed by atoms with Crippen molar-refractivity contribution in [1.82, 2.24) is 0 Å². The van der Waals surface area contributed by atoms with Crippen molar-refractivity contribution in [3.8, 4) is 17.1 Å². The number of aryl methyl sites for hydroxylation is 3. The van der Waals surface area contributed by atoms with E-state index >= 15 is 0 Å². The number of carboxylic acid groups (broad SMARTS) is 1. The molecular weight excluding hydrogens is 332 g/mol. The van der Waals surface area contributed by atoms with Crippen molar-refractivity contribution in [3.63, 3.8) is 0 Å². The van der Waals surface area contributed by atoms with E-state index in [1.54, 1.807) is 6.07 Å². The van der Waals surface area contributed by atoms with Crippen molar-refractivity contribution in [2.24, 2.45) is 0 Å². The van der Waals surface area contributed by atoms with Crippen LogP contribution >= 0.6 is 0 Å². The summed E-state index contributed by atoms with van der Waals surface area (Å²) in [5.74, 6) is -0.997. The van der Waals surface area contributed by atoms with Crippen LogP contribution in [0.15, 0.2) is 45.6 Å². The predicted molar refractivity (Wildman–Crippen MR) is 99.9 cm³/mol. The van der Waals surface area contributed by atoms with E-state index in [0.717, 1.165) is 16.7 Å². The molecule has 1 aromatic heterocycles. The summed E-state index contributed by atoms with van der Waals surface area (Å²) in [6.07, 6.45) is -1.18. The summed E-state index contributed by atoms with van der Waals surface area (Å²) in [5, 5.41) is 9.56. The Balaban J connectivity index is 2.34. The lowest BCUT2D eigenvalue weighted by Crippen LogP contribution is -2.26. The predicted octanol–water partition coefficient (Wildman–Crippen LogP) is 4.24. The molecule has 0 spiro atoms. The molecule has 2 aromatic carbocycles. The van der Waals surface area contributed by atoms with Gasteiger partial charge in [-0.05, 0) is 44.9 Å². The molecule has 0 saturated heterocycles. The van der Waals surface area contributed by atoms with Crippen LogP contribution in [-0.2, 0) is 4.79 Å². The largest absolute Gasteiger partial charge is 0.479 e. The van der Waals surface area contributed by atoms with Crippen molar-refractivity contribution in [2.75, 3.05) is 0 Å². The molecule has 1 heterocycles. The van der Waals surface area contributed by atoms with Crippen LogP contribution in [0.4, 0.5) is 0 Å². The minimum atomic E-state index is -1.18. The number of fused-ring (bicyclic) bond motifs is 1. The third kappa shape index (κ3) is 3.20. The highest BCUT2D eigenvalue weighted by Crippen LogP contribution is 2.33. The Morgan fingerprint density at radius 1 is 1.08 bits per heavy atom. The minimum Gasteiger partial charge on any atom is -0.479 e. The molecule has 5 heteroatoms. The van der Waals surface area contributed by atoms with E-state index in [2.05, 4.69) is 0 Å². The first kappa shape index (κ1) is 17.7. The fraction of sp³-hybridized carbons (Fsp3) is 0.238. The van der Waals surface area contributed by atoms with Crippen molar-refractivity contribution in [1.29, 1.82) is 0 Å². The zero-order chi connectivity index (χ0) is 19.0. The summed E-state index contributed by atoms with van der Waals surface area (Å²) < 4.78 is 11.6. The van der Waals surface area contributed by atoms with Gasteiger partial charge in [0.1, 0.15) is 5.58 Å². The van der Waals surface area contributed by atoms with Gasteiger partial charge < -0.3 is 14.3 Å². The Labute approximate surface area is 150 Å². The zero-order valence-corrected chi connectivity index (χ0v) is 15.1. The van der Waals surface area contributed by atoms with E-state index in [0.29, 0.717) is 16.5 Å². The summed E-state index contributed by atoms with van der Waals surface area (Å²) in [6, 6.07) is 11.1. The lowest BCUT2D eigenvalue weighted by atomic mass is 10.0. The SMILES string of the molecule is Cc1ccc(-c2oc3c(C)cc(C)cc3c(=O)c2OC(C)C(=O)O)cc1. The molecule has 134 valence electrons. The van der Waals surface area contributed by atoms with Crippen LogP contribution in [0.2, 0.25) is 0 Å². The third-order valence-corrected chi connectivity index (χ3v) is 4.24. The second-order valence-corrected chi connectivity index (χ2v) is 6.51. The first-order valence-corrected chi connectivity index (χ1v) is 8.32. The summed E-state index contributed by atoms with van der Waals surface area (Å²) in [4.78, 5) is 24.3. The molecule has 3 rings (SSSR count).